The summed E-state index contributed by atoms with van der Waals surface area (Å²) in [6, 6.07) is 0. The lowest BCUT2D eigenvalue weighted by Gasteiger charge is -2.32. The molecule has 0 aromatic heterocycles. The van der Waals surface area contributed by atoms with Crippen LogP contribution in [-0.4, -0.2) is 21.9 Å². The van der Waals surface area contributed by atoms with Gasteiger partial charge in [0.25, 0.3) is 4.45 Å². The Morgan fingerprint density at radius 3 is 2.65 bits per heavy atom. The summed E-state index contributed by atoms with van der Waals surface area (Å²) in [5, 5.41) is 11.2. The Balaban J connectivity index is 3.08. The van der Waals surface area contributed by atoms with Gasteiger partial charge in [0.15, 0.2) is 0 Å². The van der Waals surface area contributed by atoms with Crippen LogP contribution < -0.4 is 0 Å². The molecule has 2 unspecified atom stereocenters. The molecule has 0 saturated heterocycles. The Kier molecular flexibility index (Phi) is 4.30. The minimum absolute atomic E-state index is 0.231. The predicted octanol–water partition coefficient (Wildman–Crippen LogP) is 2.66. The molecule has 0 heterocycles. The Morgan fingerprint density at radius 1 is 1.59 bits per heavy atom. The number of halogens is 1. The average Bonchev–Trinajstić information content (AvgIpc) is 2.23. The van der Waals surface area contributed by atoms with Crippen LogP contribution in [0, 0.1) is 16.0 Å². The first-order valence-electron chi connectivity index (χ1n) is 5.48. The second-order valence-corrected chi connectivity index (χ2v) is 5.70. The number of nitrogens with zero attached hydrogens (tertiary/aromatic N) is 1. The SMILES string of the molecule is CCOC(=O)C1CC(C)=C(C)CC1(Br)[N+](=O)[O-]. The third kappa shape index (κ3) is 2.68. The van der Waals surface area contributed by atoms with Crippen LogP contribution in [0.5, 0.6) is 0 Å². The van der Waals surface area contributed by atoms with Gasteiger partial charge in [-0.2, -0.15) is 0 Å². The van der Waals surface area contributed by atoms with Crippen LogP contribution in [0.1, 0.15) is 33.6 Å². The van der Waals surface area contributed by atoms with Crippen LogP contribution in [-0.2, 0) is 9.53 Å². The molecule has 1 aliphatic rings. The summed E-state index contributed by atoms with van der Waals surface area (Å²) in [5.41, 5.74) is 1.99. The summed E-state index contributed by atoms with van der Waals surface area (Å²) in [7, 11) is 0. The highest BCUT2D eigenvalue weighted by molar-refractivity contribution is 9.10. The van der Waals surface area contributed by atoms with Gasteiger partial charge in [0.2, 0.25) is 0 Å². The fourth-order valence-corrected chi connectivity index (χ4v) is 2.75. The van der Waals surface area contributed by atoms with Gasteiger partial charge in [-0.3, -0.25) is 14.9 Å². The number of esters is 1. The second-order valence-electron chi connectivity index (χ2n) is 4.32. The zero-order chi connectivity index (χ0) is 13.2. The third-order valence-electron chi connectivity index (χ3n) is 3.16. The van der Waals surface area contributed by atoms with Crippen LogP contribution in [0.15, 0.2) is 11.1 Å². The number of carbonyl (C=O) groups is 1. The van der Waals surface area contributed by atoms with E-state index in [2.05, 4.69) is 15.9 Å². The van der Waals surface area contributed by atoms with E-state index in [0.29, 0.717) is 6.42 Å². The maximum atomic E-state index is 11.8. The summed E-state index contributed by atoms with van der Waals surface area (Å²) in [5.74, 6) is -1.27. The van der Waals surface area contributed by atoms with Crippen LogP contribution in [0.3, 0.4) is 0 Å². The molecule has 2 atom stereocenters. The Morgan fingerprint density at radius 2 is 2.18 bits per heavy atom. The number of ether oxygens (including phenoxy) is 1. The molecule has 0 spiro atoms. The van der Waals surface area contributed by atoms with Gasteiger partial charge in [-0.05, 0) is 27.2 Å². The van der Waals surface area contributed by atoms with Crippen LogP contribution >= 0.6 is 15.9 Å². The topological polar surface area (TPSA) is 69.4 Å². The van der Waals surface area contributed by atoms with Gasteiger partial charge in [0.1, 0.15) is 5.92 Å². The van der Waals surface area contributed by atoms with Crippen molar-refractivity contribution in [3.05, 3.63) is 21.3 Å². The molecule has 1 rings (SSSR count). The van der Waals surface area contributed by atoms with Crippen molar-refractivity contribution in [2.24, 2.45) is 5.92 Å². The molecular formula is C11H16BrNO4. The minimum Gasteiger partial charge on any atom is -0.466 e. The zero-order valence-corrected chi connectivity index (χ0v) is 11.7. The first kappa shape index (κ1) is 14.2. The molecule has 0 aromatic rings. The number of hydrogen-bond donors (Lipinski definition) is 0. The van der Waals surface area contributed by atoms with E-state index in [1.54, 1.807) is 6.92 Å². The van der Waals surface area contributed by atoms with Gasteiger partial charge in [0, 0.05) is 20.9 Å². The number of alkyl halides is 1. The van der Waals surface area contributed by atoms with Gasteiger partial charge < -0.3 is 4.74 Å². The molecular weight excluding hydrogens is 290 g/mol. The van der Waals surface area contributed by atoms with E-state index in [0.717, 1.165) is 11.1 Å². The van der Waals surface area contributed by atoms with Crippen molar-refractivity contribution >= 4 is 21.9 Å². The molecule has 17 heavy (non-hydrogen) atoms. The summed E-state index contributed by atoms with van der Waals surface area (Å²) in [4.78, 5) is 22.5. The third-order valence-corrected chi connectivity index (χ3v) is 4.28. The minimum atomic E-state index is -1.43. The highest BCUT2D eigenvalue weighted by atomic mass is 79.9. The highest BCUT2D eigenvalue weighted by Gasteiger charge is 2.54. The number of rotatable bonds is 3. The van der Waals surface area contributed by atoms with Crippen molar-refractivity contribution in [1.82, 2.24) is 0 Å². The largest absolute Gasteiger partial charge is 0.466 e. The first-order valence-corrected chi connectivity index (χ1v) is 6.27. The zero-order valence-electron chi connectivity index (χ0n) is 10.2. The van der Waals surface area contributed by atoms with Gasteiger partial charge >= 0.3 is 5.97 Å². The Hall–Kier alpha value is -0.910. The molecule has 0 saturated carbocycles. The van der Waals surface area contributed by atoms with Crippen LogP contribution in [0.2, 0.25) is 0 Å². The monoisotopic (exact) mass is 305 g/mol. The molecule has 0 aromatic carbocycles. The summed E-state index contributed by atoms with van der Waals surface area (Å²) >= 11 is 3.13. The molecule has 1 aliphatic carbocycles. The number of carbonyl (C=O) groups excluding carboxylic acids is 1. The van der Waals surface area contributed by atoms with Crippen molar-refractivity contribution in [2.75, 3.05) is 6.61 Å². The molecule has 0 radical (unpaired) electrons. The summed E-state index contributed by atoms with van der Waals surface area (Å²) < 4.78 is 3.49. The van der Waals surface area contributed by atoms with Crippen molar-refractivity contribution in [3.63, 3.8) is 0 Å². The summed E-state index contributed by atoms with van der Waals surface area (Å²) in [6.45, 7) is 5.68. The van der Waals surface area contributed by atoms with Crippen molar-refractivity contribution < 1.29 is 14.5 Å². The molecule has 0 amide bonds. The van der Waals surface area contributed by atoms with Crippen molar-refractivity contribution in [2.45, 2.75) is 38.1 Å². The van der Waals surface area contributed by atoms with E-state index < -0.39 is 21.3 Å². The van der Waals surface area contributed by atoms with Gasteiger partial charge in [0.05, 0.1) is 13.0 Å². The maximum Gasteiger partial charge on any atom is 0.317 e. The molecule has 0 bridgehead atoms. The smallest absolute Gasteiger partial charge is 0.317 e. The Labute approximate surface area is 108 Å². The average molecular weight is 306 g/mol. The number of hydrogen-bond acceptors (Lipinski definition) is 4. The fourth-order valence-electron chi connectivity index (χ4n) is 1.98. The number of nitro groups is 1. The summed E-state index contributed by atoms with van der Waals surface area (Å²) in [6.07, 6.45) is 0.603. The molecule has 0 N–H and O–H groups in total. The standard InChI is InChI=1S/C11H16BrNO4/c1-4-17-10(14)9-5-7(2)8(3)6-11(9,12)13(15)16/h9H,4-6H2,1-3H3. The first-order chi connectivity index (χ1) is 7.82. The molecule has 6 heteroatoms. The lowest BCUT2D eigenvalue weighted by Crippen LogP contribution is -2.46. The van der Waals surface area contributed by atoms with Gasteiger partial charge in [-0.15, -0.1) is 0 Å². The lowest BCUT2D eigenvalue weighted by molar-refractivity contribution is -0.543. The van der Waals surface area contributed by atoms with E-state index >= 15 is 0 Å². The molecule has 5 nitrogen and oxygen atoms in total. The van der Waals surface area contributed by atoms with Crippen molar-refractivity contribution in [3.8, 4) is 0 Å². The van der Waals surface area contributed by atoms with E-state index in [1.165, 1.54) is 0 Å². The van der Waals surface area contributed by atoms with Crippen LogP contribution in [0.4, 0.5) is 0 Å². The predicted molar refractivity (Wildman–Crippen MR) is 66.4 cm³/mol. The van der Waals surface area contributed by atoms with Crippen LogP contribution in [0.25, 0.3) is 0 Å². The van der Waals surface area contributed by atoms with E-state index in [4.69, 9.17) is 4.74 Å². The molecule has 0 fully saturated rings. The quantitative estimate of drug-likeness (QED) is 0.201. The number of allylic oxidation sites excluding steroid dienone is 1. The van der Waals surface area contributed by atoms with Crippen molar-refractivity contribution in [1.29, 1.82) is 0 Å². The van der Waals surface area contributed by atoms with Gasteiger partial charge in [-0.25, -0.2) is 0 Å². The fraction of sp³-hybridized carbons (Fsp3) is 0.727. The van der Waals surface area contributed by atoms with E-state index in [1.807, 2.05) is 13.8 Å². The maximum absolute atomic E-state index is 11.8. The lowest BCUT2D eigenvalue weighted by atomic mass is 9.81. The van der Waals surface area contributed by atoms with Gasteiger partial charge in [-0.1, -0.05) is 11.1 Å². The Bertz CT molecular complexity index is 380. The second kappa shape index (κ2) is 5.16. The molecule has 96 valence electrons. The van der Waals surface area contributed by atoms with E-state index in [-0.39, 0.29) is 13.0 Å². The molecule has 0 aliphatic heterocycles. The normalized spacial score (nSPS) is 29.1. The highest BCUT2D eigenvalue weighted by Crippen LogP contribution is 2.44. The van der Waals surface area contributed by atoms with E-state index in [9.17, 15) is 14.9 Å².